The van der Waals surface area contributed by atoms with E-state index in [1.165, 1.54) is 36.3 Å². The van der Waals surface area contributed by atoms with E-state index in [2.05, 4.69) is 17.4 Å². The SMILES string of the molecule is Cl.NC1CC2CCCC(C1)C2NC(=O)c1ccc(C2SCCS2)cc1. The zero-order valence-corrected chi connectivity index (χ0v) is 16.8. The minimum absolute atomic E-state index is 0. The molecular formula is C19H27ClN2OS2. The van der Waals surface area contributed by atoms with Gasteiger partial charge < -0.3 is 11.1 Å². The van der Waals surface area contributed by atoms with Gasteiger partial charge in [-0.2, -0.15) is 0 Å². The lowest BCUT2D eigenvalue weighted by molar-refractivity contribution is 0.0756. The summed E-state index contributed by atoms with van der Waals surface area (Å²) in [5, 5.41) is 3.34. The van der Waals surface area contributed by atoms with E-state index in [1.807, 2.05) is 35.7 Å². The molecule has 2 unspecified atom stereocenters. The van der Waals surface area contributed by atoms with Gasteiger partial charge in [0.25, 0.3) is 5.91 Å². The number of thioether (sulfide) groups is 2. The van der Waals surface area contributed by atoms with Crippen molar-refractivity contribution in [1.29, 1.82) is 0 Å². The van der Waals surface area contributed by atoms with Crippen molar-refractivity contribution >= 4 is 41.8 Å². The van der Waals surface area contributed by atoms with Crippen LogP contribution < -0.4 is 11.1 Å². The summed E-state index contributed by atoms with van der Waals surface area (Å²) >= 11 is 4.00. The molecule has 3 aliphatic rings. The first-order chi connectivity index (χ1) is 11.7. The molecule has 1 amide bonds. The number of rotatable bonds is 3. The summed E-state index contributed by atoms with van der Waals surface area (Å²) in [6.45, 7) is 0. The molecule has 2 atom stereocenters. The number of nitrogens with two attached hydrogens (primary N) is 1. The lowest BCUT2D eigenvalue weighted by atomic mass is 9.67. The van der Waals surface area contributed by atoms with Crippen molar-refractivity contribution in [2.24, 2.45) is 17.6 Å². The molecule has 0 radical (unpaired) electrons. The van der Waals surface area contributed by atoms with Gasteiger partial charge in [-0.25, -0.2) is 0 Å². The molecular weight excluding hydrogens is 372 g/mol. The molecule has 2 aliphatic carbocycles. The zero-order valence-electron chi connectivity index (χ0n) is 14.4. The van der Waals surface area contributed by atoms with Crippen molar-refractivity contribution < 1.29 is 4.79 Å². The highest BCUT2D eigenvalue weighted by molar-refractivity contribution is 8.19. The first kappa shape index (κ1) is 19.4. The number of amides is 1. The summed E-state index contributed by atoms with van der Waals surface area (Å²) < 4.78 is 0.543. The van der Waals surface area contributed by atoms with Crippen LogP contribution in [0, 0.1) is 11.8 Å². The average molecular weight is 399 g/mol. The molecule has 0 aromatic heterocycles. The highest BCUT2D eigenvalue weighted by atomic mass is 35.5. The molecule has 1 heterocycles. The molecule has 6 heteroatoms. The largest absolute Gasteiger partial charge is 0.349 e. The van der Waals surface area contributed by atoms with Crippen molar-refractivity contribution in [3.63, 3.8) is 0 Å². The third-order valence-corrected chi connectivity index (χ3v) is 8.85. The van der Waals surface area contributed by atoms with Gasteiger partial charge in [-0.05, 0) is 55.2 Å². The van der Waals surface area contributed by atoms with Crippen LogP contribution in [-0.4, -0.2) is 29.5 Å². The number of fused-ring (bicyclic) bond motifs is 2. The summed E-state index contributed by atoms with van der Waals surface area (Å²) in [5.74, 6) is 3.68. The summed E-state index contributed by atoms with van der Waals surface area (Å²) in [5.41, 5.74) is 8.31. The Kier molecular flexibility index (Phi) is 6.64. The maximum absolute atomic E-state index is 12.7. The Morgan fingerprint density at radius 3 is 2.24 bits per heavy atom. The van der Waals surface area contributed by atoms with Crippen LogP contribution >= 0.6 is 35.9 Å². The van der Waals surface area contributed by atoms with E-state index in [4.69, 9.17) is 5.73 Å². The van der Waals surface area contributed by atoms with Gasteiger partial charge in [0.1, 0.15) is 0 Å². The highest BCUT2D eigenvalue weighted by Crippen LogP contribution is 2.45. The number of carbonyl (C=O) groups is 1. The Balaban J connectivity index is 0.00000182. The van der Waals surface area contributed by atoms with Gasteiger partial charge in [-0.3, -0.25) is 4.79 Å². The van der Waals surface area contributed by atoms with E-state index < -0.39 is 0 Å². The number of hydrogen-bond acceptors (Lipinski definition) is 4. The summed E-state index contributed by atoms with van der Waals surface area (Å²) in [7, 11) is 0. The lowest BCUT2D eigenvalue weighted by Crippen LogP contribution is -2.53. The molecule has 25 heavy (non-hydrogen) atoms. The van der Waals surface area contributed by atoms with Gasteiger partial charge in [-0.1, -0.05) is 18.6 Å². The smallest absolute Gasteiger partial charge is 0.251 e. The van der Waals surface area contributed by atoms with Gasteiger partial charge in [0, 0.05) is 29.2 Å². The summed E-state index contributed by atoms with van der Waals surface area (Å²) in [4.78, 5) is 12.7. The molecule has 2 bridgehead atoms. The second-order valence-electron chi connectivity index (χ2n) is 7.38. The molecule has 1 saturated heterocycles. The lowest BCUT2D eigenvalue weighted by Gasteiger charge is -2.45. The molecule has 2 saturated carbocycles. The number of carbonyl (C=O) groups excluding carboxylic acids is 1. The van der Waals surface area contributed by atoms with E-state index in [0.29, 0.717) is 28.5 Å². The van der Waals surface area contributed by atoms with E-state index in [9.17, 15) is 4.79 Å². The fourth-order valence-corrected chi connectivity index (χ4v) is 7.46. The van der Waals surface area contributed by atoms with Crippen LogP contribution in [0.25, 0.3) is 0 Å². The minimum atomic E-state index is 0. The van der Waals surface area contributed by atoms with Crippen LogP contribution in [0.5, 0.6) is 0 Å². The predicted molar refractivity (Wildman–Crippen MR) is 111 cm³/mol. The maximum atomic E-state index is 12.7. The molecule has 3 fully saturated rings. The van der Waals surface area contributed by atoms with E-state index in [0.717, 1.165) is 18.4 Å². The molecule has 4 rings (SSSR count). The molecule has 0 spiro atoms. The van der Waals surface area contributed by atoms with Gasteiger partial charge in [0.05, 0.1) is 4.58 Å². The van der Waals surface area contributed by atoms with E-state index in [1.54, 1.807) is 0 Å². The Labute approximate surface area is 165 Å². The fraction of sp³-hybridized carbons (Fsp3) is 0.632. The number of benzene rings is 1. The van der Waals surface area contributed by atoms with Crippen molar-refractivity contribution in [2.75, 3.05) is 11.5 Å². The Bertz CT molecular complexity index is 578. The van der Waals surface area contributed by atoms with E-state index in [-0.39, 0.29) is 18.3 Å². The van der Waals surface area contributed by atoms with Crippen molar-refractivity contribution in [2.45, 2.75) is 48.8 Å². The zero-order chi connectivity index (χ0) is 16.5. The fourth-order valence-electron chi connectivity index (χ4n) is 4.60. The first-order valence-corrected chi connectivity index (χ1v) is 11.2. The van der Waals surface area contributed by atoms with Crippen molar-refractivity contribution in [1.82, 2.24) is 5.32 Å². The number of hydrogen-bond donors (Lipinski definition) is 2. The highest BCUT2D eigenvalue weighted by Gasteiger charge is 2.39. The molecule has 3 N–H and O–H groups in total. The second kappa shape index (κ2) is 8.55. The summed E-state index contributed by atoms with van der Waals surface area (Å²) in [6, 6.07) is 8.90. The minimum Gasteiger partial charge on any atom is -0.349 e. The van der Waals surface area contributed by atoms with Crippen molar-refractivity contribution in [3.8, 4) is 0 Å². The van der Waals surface area contributed by atoms with Gasteiger partial charge in [0.2, 0.25) is 0 Å². The number of nitrogens with one attached hydrogen (secondary N) is 1. The molecule has 1 aliphatic heterocycles. The molecule has 1 aromatic carbocycles. The summed E-state index contributed by atoms with van der Waals surface area (Å²) in [6.07, 6.45) is 5.85. The van der Waals surface area contributed by atoms with Crippen molar-refractivity contribution in [3.05, 3.63) is 35.4 Å². The van der Waals surface area contributed by atoms with Crippen LogP contribution in [0.15, 0.2) is 24.3 Å². The third kappa shape index (κ3) is 4.32. The van der Waals surface area contributed by atoms with Crippen LogP contribution in [0.4, 0.5) is 0 Å². The molecule has 3 nitrogen and oxygen atoms in total. The van der Waals surface area contributed by atoms with Crippen LogP contribution in [-0.2, 0) is 0 Å². The quantitative estimate of drug-likeness (QED) is 0.800. The monoisotopic (exact) mass is 398 g/mol. The first-order valence-electron chi connectivity index (χ1n) is 9.10. The molecule has 138 valence electrons. The maximum Gasteiger partial charge on any atom is 0.251 e. The van der Waals surface area contributed by atoms with E-state index >= 15 is 0 Å². The molecule has 1 aromatic rings. The van der Waals surface area contributed by atoms with Crippen LogP contribution in [0.1, 0.15) is 52.6 Å². The number of halogens is 1. The Morgan fingerprint density at radius 1 is 1.04 bits per heavy atom. The predicted octanol–water partition coefficient (Wildman–Crippen LogP) is 4.22. The normalized spacial score (nSPS) is 32.0. The topological polar surface area (TPSA) is 55.1 Å². The van der Waals surface area contributed by atoms with Crippen LogP contribution in [0.2, 0.25) is 0 Å². The van der Waals surface area contributed by atoms with Gasteiger partial charge in [0.15, 0.2) is 0 Å². The van der Waals surface area contributed by atoms with Gasteiger partial charge >= 0.3 is 0 Å². The Hall–Kier alpha value is -0.360. The average Bonchev–Trinajstić information content (AvgIpc) is 3.10. The second-order valence-corrected chi connectivity index (χ2v) is 10.1. The third-order valence-electron chi connectivity index (χ3n) is 5.74. The van der Waals surface area contributed by atoms with Gasteiger partial charge in [-0.15, -0.1) is 35.9 Å². The standard InChI is InChI=1S/C19H26N2OS2.ClH/c20-16-10-14-2-1-3-15(11-16)17(14)21-18(22)12-4-6-13(7-5-12)19-23-8-9-24-19;/h4-7,14-17,19H,1-3,8-11,20H2,(H,21,22);1H. The van der Waals surface area contributed by atoms with Crippen LogP contribution in [0.3, 0.4) is 0 Å². The Morgan fingerprint density at radius 2 is 1.64 bits per heavy atom.